The molecule has 1 N–H and O–H groups in total. The summed E-state index contributed by atoms with van der Waals surface area (Å²) >= 11 is 0. The van der Waals surface area contributed by atoms with E-state index in [1.54, 1.807) is 0 Å². The molecule has 0 bridgehead atoms. The highest BCUT2D eigenvalue weighted by Gasteiger charge is 2.17. The van der Waals surface area contributed by atoms with Gasteiger partial charge in [-0.2, -0.15) is 0 Å². The van der Waals surface area contributed by atoms with Gasteiger partial charge < -0.3 is 19.9 Å². The van der Waals surface area contributed by atoms with Crippen molar-refractivity contribution in [1.82, 2.24) is 9.80 Å². The monoisotopic (exact) mass is 424 g/mol. The first kappa shape index (κ1) is 23.1. The fourth-order valence-electron chi connectivity index (χ4n) is 3.76. The van der Waals surface area contributed by atoms with Crippen LogP contribution in [-0.2, 0) is 4.79 Å². The average Bonchev–Trinajstić information content (AvgIpc) is 2.79. The number of carbonyl (C=O) groups is 1. The normalized spacial score (nSPS) is 14.6. The molecule has 0 saturated carbocycles. The van der Waals surface area contributed by atoms with Crippen LogP contribution in [0.5, 0.6) is 5.75 Å². The van der Waals surface area contributed by atoms with Crippen molar-refractivity contribution in [2.24, 2.45) is 0 Å². The molecule has 31 heavy (non-hydrogen) atoms. The predicted molar refractivity (Wildman–Crippen MR) is 128 cm³/mol. The number of piperazine rings is 1. The number of para-hydroxylation sites is 1. The summed E-state index contributed by atoms with van der Waals surface area (Å²) in [4.78, 5) is 19.3. The molecule has 1 aliphatic rings. The fourth-order valence-corrected chi connectivity index (χ4v) is 3.76. The van der Waals surface area contributed by atoms with Crippen LogP contribution in [0, 0.1) is 0 Å². The molecular weight excluding hydrogens is 388 g/mol. The van der Waals surface area contributed by atoms with Crippen LogP contribution in [0.25, 0.3) is 0 Å². The molecular formula is C25H36N4O2. The summed E-state index contributed by atoms with van der Waals surface area (Å²) in [7, 11) is 4.12. The molecule has 1 fully saturated rings. The number of benzene rings is 2. The summed E-state index contributed by atoms with van der Waals surface area (Å²) in [6.07, 6.45) is 2.42. The Labute approximate surface area is 186 Å². The van der Waals surface area contributed by atoms with Gasteiger partial charge in [0.15, 0.2) is 0 Å². The lowest BCUT2D eigenvalue weighted by atomic mass is 10.2. The number of hydrogen-bond donors (Lipinski definition) is 1. The minimum Gasteiger partial charge on any atom is -0.494 e. The highest BCUT2D eigenvalue weighted by molar-refractivity contribution is 5.90. The number of carbonyl (C=O) groups excluding carboxylic acids is 1. The van der Waals surface area contributed by atoms with E-state index in [4.69, 9.17) is 4.74 Å². The third-order valence-corrected chi connectivity index (χ3v) is 5.53. The van der Waals surface area contributed by atoms with Crippen molar-refractivity contribution in [2.75, 3.05) is 70.2 Å². The van der Waals surface area contributed by atoms with Crippen molar-refractivity contribution in [2.45, 2.75) is 19.3 Å². The maximum atomic E-state index is 12.3. The predicted octanol–water partition coefficient (Wildman–Crippen LogP) is 3.56. The second-order valence-corrected chi connectivity index (χ2v) is 8.35. The summed E-state index contributed by atoms with van der Waals surface area (Å²) in [5, 5.41) is 2.99. The van der Waals surface area contributed by atoms with Gasteiger partial charge in [-0.3, -0.25) is 9.69 Å². The molecule has 0 radical (unpaired) electrons. The third kappa shape index (κ3) is 8.23. The Morgan fingerprint density at radius 2 is 1.68 bits per heavy atom. The molecule has 1 saturated heterocycles. The molecule has 0 aliphatic carbocycles. The van der Waals surface area contributed by atoms with Gasteiger partial charge in [0.1, 0.15) is 5.75 Å². The Kier molecular flexibility index (Phi) is 9.18. The van der Waals surface area contributed by atoms with E-state index in [0.717, 1.165) is 63.5 Å². The summed E-state index contributed by atoms with van der Waals surface area (Å²) in [5.41, 5.74) is 2.12. The van der Waals surface area contributed by atoms with Crippen molar-refractivity contribution in [3.8, 4) is 5.75 Å². The molecule has 1 amide bonds. The number of nitrogens with one attached hydrogen (secondary N) is 1. The number of nitrogens with zero attached hydrogens (tertiary/aromatic N) is 3. The lowest BCUT2D eigenvalue weighted by Crippen LogP contribution is -2.46. The zero-order valence-electron chi connectivity index (χ0n) is 18.9. The van der Waals surface area contributed by atoms with E-state index in [2.05, 4.69) is 64.4 Å². The van der Waals surface area contributed by atoms with Crippen LogP contribution in [0.1, 0.15) is 19.3 Å². The molecule has 0 aromatic heterocycles. The fraction of sp³-hybridized carbons (Fsp3) is 0.480. The van der Waals surface area contributed by atoms with E-state index in [9.17, 15) is 4.79 Å². The minimum atomic E-state index is 0.0718. The van der Waals surface area contributed by atoms with Gasteiger partial charge in [0.25, 0.3) is 0 Å². The highest BCUT2D eigenvalue weighted by Crippen LogP contribution is 2.17. The van der Waals surface area contributed by atoms with Crippen LogP contribution in [0.3, 0.4) is 0 Å². The molecule has 6 nitrogen and oxygen atoms in total. The smallest absolute Gasteiger partial charge is 0.224 e. The molecule has 6 heteroatoms. The minimum absolute atomic E-state index is 0.0718. The third-order valence-electron chi connectivity index (χ3n) is 5.53. The topological polar surface area (TPSA) is 48.1 Å². The standard InChI is InChI=1S/C25H36N4O2/c1-27(2)15-7-21-31-24-13-11-22(12-14-24)26-25(30)10-6-16-28-17-19-29(20-18-28)23-8-4-3-5-9-23/h3-5,8-9,11-14H,6-7,10,15-21H2,1-2H3,(H,26,30). The van der Waals surface area contributed by atoms with Crippen molar-refractivity contribution < 1.29 is 9.53 Å². The van der Waals surface area contributed by atoms with Gasteiger partial charge in [0.2, 0.25) is 5.91 Å². The van der Waals surface area contributed by atoms with E-state index in [1.165, 1.54) is 5.69 Å². The van der Waals surface area contributed by atoms with Crippen LogP contribution >= 0.6 is 0 Å². The molecule has 2 aromatic rings. The highest BCUT2D eigenvalue weighted by atomic mass is 16.5. The van der Waals surface area contributed by atoms with E-state index >= 15 is 0 Å². The number of ether oxygens (including phenoxy) is 1. The van der Waals surface area contributed by atoms with Crippen molar-refractivity contribution in [3.05, 3.63) is 54.6 Å². The first-order valence-electron chi connectivity index (χ1n) is 11.3. The maximum absolute atomic E-state index is 12.3. The van der Waals surface area contributed by atoms with Crippen molar-refractivity contribution in [1.29, 1.82) is 0 Å². The van der Waals surface area contributed by atoms with Crippen LogP contribution in [0.4, 0.5) is 11.4 Å². The summed E-state index contributed by atoms with van der Waals surface area (Å²) in [6.45, 7) is 6.86. The second-order valence-electron chi connectivity index (χ2n) is 8.35. The molecule has 2 aromatic carbocycles. The van der Waals surface area contributed by atoms with Gasteiger partial charge in [-0.15, -0.1) is 0 Å². The van der Waals surface area contributed by atoms with Crippen LogP contribution in [0.15, 0.2) is 54.6 Å². The van der Waals surface area contributed by atoms with Crippen LogP contribution < -0.4 is 15.0 Å². The Balaban J connectivity index is 1.29. The van der Waals surface area contributed by atoms with E-state index in [-0.39, 0.29) is 5.91 Å². The molecule has 168 valence electrons. The quantitative estimate of drug-likeness (QED) is 0.559. The molecule has 0 atom stereocenters. The molecule has 1 heterocycles. The second kappa shape index (κ2) is 12.3. The van der Waals surface area contributed by atoms with E-state index < -0.39 is 0 Å². The van der Waals surface area contributed by atoms with Gasteiger partial charge in [0, 0.05) is 50.5 Å². The first-order valence-corrected chi connectivity index (χ1v) is 11.3. The van der Waals surface area contributed by atoms with Crippen molar-refractivity contribution in [3.63, 3.8) is 0 Å². The molecule has 3 rings (SSSR count). The lowest BCUT2D eigenvalue weighted by molar-refractivity contribution is -0.116. The molecule has 0 spiro atoms. The van der Waals surface area contributed by atoms with E-state index in [1.807, 2.05) is 24.3 Å². The number of amides is 1. The number of rotatable bonds is 11. The van der Waals surface area contributed by atoms with Gasteiger partial charge in [-0.1, -0.05) is 18.2 Å². The Hall–Kier alpha value is -2.57. The summed E-state index contributed by atoms with van der Waals surface area (Å²) < 4.78 is 5.74. The van der Waals surface area contributed by atoms with Crippen LogP contribution in [0.2, 0.25) is 0 Å². The number of hydrogen-bond acceptors (Lipinski definition) is 5. The largest absolute Gasteiger partial charge is 0.494 e. The average molecular weight is 425 g/mol. The SMILES string of the molecule is CN(C)CCCOc1ccc(NC(=O)CCCN2CCN(c3ccccc3)CC2)cc1. The maximum Gasteiger partial charge on any atom is 0.224 e. The van der Waals surface area contributed by atoms with Gasteiger partial charge in [-0.25, -0.2) is 0 Å². The van der Waals surface area contributed by atoms with Gasteiger partial charge in [0.05, 0.1) is 6.61 Å². The summed E-state index contributed by atoms with van der Waals surface area (Å²) in [5.74, 6) is 0.911. The van der Waals surface area contributed by atoms with Crippen LogP contribution in [-0.4, -0.2) is 75.7 Å². The molecule has 1 aliphatic heterocycles. The van der Waals surface area contributed by atoms with Gasteiger partial charge in [-0.05, 0) is 69.9 Å². The van der Waals surface area contributed by atoms with E-state index in [0.29, 0.717) is 13.0 Å². The number of anilines is 2. The van der Waals surface area contributed by atoms with Crippen molar-refractivity contribution >= 4 is 17.3 Å². The Morgan fingerprint density at radius 1 is 0.968 bits per heavy atom. The Bertz CT molecular complexity index is 772. The first-order chi connectivity index (χ1) is 15.1. The molecule has 0 unspecified atom stereocenters. The zero-order chi connectivity index (χ0) is 21.9. The lowest BCUT2D eigenvalue weighted by Gasteiger charge is -2.36. The Morgan fingerprint density at radius 3 is 2.35 bits per heavy atom. The van der Waals surface area contributed by atoms with Gasteiger partial charge >= 0.3 is 0 Å². The zero-order valence-corrected chi connectivity index (χ0v) is 18.9. The summed E-state index contributed by atoms with van der Waals surface area (Å²) in [6, 6.07) is 18.2.